The molecule has 0 atom stereocenters. The van der Waals surface area contributed by atoms with Crippen molar-refractivity contribution >= 4 is 17.3 Å². The predicted octanol–water partition coefficient (Wildman–Crippen LogP) is 2.26. The van der Waals surface area contributed by atoms with Gasteiger partial charge >= 0.3 is 0 Å². The first-order valence-electron chi connectivity index (χ1n) is 3.10. The summed E-state index contributed by atoms with van der Waals surface area (Å²) in [7, 11) is 0. The zero-order valence-electron chi connectivity index (χ0n) is 6.12. The Bertz CT molecular complexity index is 414. The van der Waals surface area contributed by atoms with Crippen LogP contribution in [0.1, 0.15) is 5.56 Å². The van der Waals surface area contributed by atoms with E-state index in [1.807, 2.05) is 0 Å². The van der Waals surface area contributed by atoms with Crippen LogP contribution >= 0.6 is 11.6 Å². The van der Waals surface area contributed by atoms with Crippen LogP contribution in [0, 0.1) is 27.3 Å². The van der Waals surface area contributed by atoms with Crippen molar-refractivity contribution in [3.8, 4) is 6.07 Å². The molecule has 66 valence electrons. The summed E-state index contributed by atoms with van der Waals surface area (Å²) in [6.07, 6.45) is 0. The average molecular weight is 201 g/mol. The third-order valence-corrected chi connectivity index (χ3v) is 1.71. The number of benzene rings is 1. The van der Waals surface area contributed by atoms with Gasteiger partial charge in [-0.3, -0.25) is 10.1 Å². The highest BCUT2D eigenvalue weighted by atomic mass is 35.5. The van der Waals surface area contributed by atoms with Crippen LogP contribution in [0.2, 0.25) is 5.02 Å². The third-order valence-electron chi connectivity index (χ3n) is 1.33. The Hall–Kier alpha value is -1.67. The first-order chi connectivity index (χ1) is 6.06. The van der Waals surface area contributed by atoms with E-state index >= 15 is 0 Å². The van der Waals surface area contributed by atoms with Gasteiger partial charge in [-0.2, -0.15) is 5.26 Å². The van der Waals surface area contributed by atoms with Gasteiger partial charge in [0.2, 0.25) is 0 Å². The van der Waals surface area contributed by atoms with Crippen molar-refractivity contribution in [2.45, 2.75) is 0 Å². The van der Waals surface area contributed by atoms with Gasteiger partial charge in [0.05, 0.1) is 16.6 Å². The smallest absolute Gasteiger partial charge is 0.258 e. The number of hydrogen-bond donors (Lipinski definition) is 0. The fourth-order valence-electron chi connectivity index (χ4n) is 0.772. The molecule has 0 aliphatic heterocycles. The van der Waals surface area contributed by atoms with Gasteiger partial charge in [-0.25, -0.2) is 4.39 Å². The number of halogens is 2. The summed E-state index contributed by atoms with van der Waals surface area (Å²) >= 11 is 5.29. The van der Waals surface area contributed by atoms with E-state index in [2.05, 4.69) is 0 Å². The summed E-state index contributed by atoms with van der Waals surface area (Å²) in [6, 6.07) is 3.35. The zero-order valence-corrected chi connectivity index (χ0v) is 6.88. The van der Waals surface area contributed by atoms with Crippen molar-refractivity contribution in [1.29, 1.82) is 5.26 Å². The molecule has 0 saturated carbocycles. The molecular weight excluding hydrogens is 199 g/mol. The standard InChI is InChI=1S/C7H2ClFN2O2/c8-7-5(9)1-4(3-10)2-6(7)11(12)13/h1-2H. The van der Waals surface area contributed by atoms with Crippen molar-refractivity contribution in [2.24, 2.45) is 0 Å². The van der Waals surface area contributed by atoms with E-state index in [4.69, 9.17) is 16.9 Å². The Morgan fingerprint density at radius 1 is 1.62 bits per heavy atom. The lowest BCUT2D eigenvalue weighted by Crippen LogP contribution is -1.92. The quantitative estimate of drug-likeness (QED) is 0.516. The Kier molecular flexibility index (Phi) is 2.44. The number of nitro benzene ring substituents is 1. The lowest BCUT2D eigenvalue weighted by Gasteiger charge is -1.96. The van der Waals surface area contributed by atoms with Crippen LogP contribution in [-0.4, -0.2) is 4.92 Å². The average Bonchev–Trinajstić information content (AvgIpc) is 2.09. The van der Waals surface area contributed by atoms with Crippen LogP contribution in [0.3, 0.4) is 0 Å². The Balaban J connectivity index is 3.44. The fraction of sp³-hybridized carbons (Fsp3) is 0. The van der Waals surface area contributed by atoms with E-state index in [1.54, 1.807) is 6.07 Å². The van der Waals surface area contributed by atoms with Gasteiger partial charge in [-0.1, -0.05) is 11.6 Å². The monoisotopic (exact) mass is 200 g/mol. The van der Waals surface area contributed by atoms with Crippen molar-refractivity contribution in [3.63, 3.8) is 0 Å². The maximum Gasteiger partial charge on any atom is 0.292 e. The number of hydrogen-bond acceptors (Lipinski definition) is 3. The second-order valence-electron chi connectivity index (χ2n) is 2.16. The minimum atomic E-state index is -0.965. The molecule has 0 amide bonds. The summed E-state index contributed by atoms with van der Waals surface area (Å²) in [5, 5.41) is 18.1. The van der Waals surface area contributed by atoms with Crippen molar-refractivity contribution < 1.29 is 9.31 Å². The van der Waals surface area contributed by atoms with E-state index in [9.17, 15) is 14.5 Å². The predicted molar refractivity (Wildman–Crippen MR) is 42.8 cm³/mol. The van der Waals surface area contributed by atoms with Crippen LogP contribution in [0.25, 0.3) is 0 Å². The number of nitrogens with zero attached hydrogens (tertiary/aromatic N) is 2. The highest BCUT2D eigenvalue weighted by Crippen LogP contribution is 2.28. The van der Waals surface area contributed by atoms with Gasteiger partial charge < -0.3 is 0 Å². The van der Waals surface area contributed by atoms with E-state index < -0.39 is 21.5 Å². The molecular formula is C7H2ClFN2O2. The summed E-state index contributed by atoms with van der Waals surface area (Å²) < 4.78 is 12.8. The molecule has 0 bridgehead atoms. The molecule has 0 saturated heterocycles. The zero-order chi connectivity index (χ0) is 10.0. The third kappa shape index (κ3) is 1.73. The number of nitriles is 1. The van der Waals surface area contributed by atoms with E-state index in [0.29, 0.717) is 0 Å². The van der Waals surface area contributed by atoms with Crippen LogP contribution in [0.5, 0.6) is 0 Å². The van der Waals surface area contributed by atoms with Crippen molar-refractivity contribution in [2.75, 3.05) is 0 Å². The minimum Gasteiger partial charge on any atom is -0.258 e. The second kappa shape index (κ2) is 3.37. The molecule has 0 N–H and O–H groups in total. The Morgan fingerprint density at radius 3 is 2.69 bits per heavy atom. The van der Waals surface area contributed by atoms with Crippen molar-refractivity contribution in [3.05, 3.63) is 38.7 Å². The topological polar surface area (TPSA) is 66.9 Å². The second-order valence-corrected chi connectivity index (χ2v) is 2.54. The van der Waals surface area contributed by atoms with Crippen LogP contribution in [-0.2, 0) is 0 Å². The van der Waals surface area contributed by atoms with Gasteiger partial charge in [0.1, 0.15) is 5.82 Å². The van der Waals surface area contributed by atoms with Crippen molar-refractivity contribution in [1.82, 2.24) is 0 Å². The first kappa shape index (κ1) is 9.42. The molecule has 0 fully saturated rings. The van der Waals surface area contributed by atoms with Gasteiger partial charge in [0.15, 0.2) is 5.02 Å². The fourth-order valence-corrected chi connectivity index (χ4v) is 0.950. The van der Waals surface area contributed by atoms with E-state index in [-0.39, 0.29) is 5.56 Å². The summed E-state index contributed by atoms with van der Waals surface area (Å²) in [5.74, 6) is -0.965. The molecule has 4 nitrogen and oxygen atoms in total. The van der Waals surface area contributed by atoms with Crippen LogP contribution < -0.4 is 0 Å². The van der Waals surface area contributed by atoms with Gasteiger partial charge in [-0.05, 0) is 6.07 Å². The lowest BCUT2D eigenvalue weighted by atomic mass is 10.2. The molecule has 0 unspecified atom stereocenters. The largest absolute Gasteiger partial charge is 0.292 e. The first-order valence-corrected chi connectivity index (χ1v) is 3.47. The summed E-state index contributed by atoms with van der Waals surface area (Å²) in [5.41, 5.74) is -0.730. The van der Waals surface area contributed by atoms with Crippen LogP contribution in [0.4, 0.5) is 10.1 Å². The molecule has 0 aromatic heterocycles. The highest BCUT2D eigenvalue weighted by molar-refractivity contribution is 6.32. The molecule has 13 heavy (non-hydrogen) atoms. The molecule has 0 spiro atoms. The summed E-state index contributed by atoms with van der Waals surface area (Å²) in [6.45, 7) is 0. The minimum absolute atomic E-state index is 0.131. The molecule has 6 heteroatoms. The van der Waals surface area contributed by atoms with Gasteiger partial charge in [-0.15, -0.1) is 0 Å². The molecule has 1 rings (SSSR count). The lowest BCUT2D eigenvalue weighted by molar-refractivity contribution is -0.384. The van der Waals surface area contributed by atoms with Gasteiger partial charge in [0, 0.05) is 6.07 Å². The highest BCUT2D eigenvalue weighted by Gasteiger charge is 2.17. The number of nitro groups is 1. The van der Waals surface area contributed by atoms with E-state index in [1.165, 1.54) is 0 Å². The molecule has 1 aromatic carbocycles. The molecule has 0 aliphatic carbocycles. The molecule has 0 aliphatic rings. The van der Waals surface area contributed by atoms with Gasteiger partial charge in [0.25, 0.3) is 5.69 Å². The SMILES string of the molecule is N#Cc1cc(F)c(Cl)c([N+](=O)[O-])c1. The normalized spacial score (nSPS) is 9.31. The Morgan fingerprint density at radius 2 is 2.23 bits per heavy atom. The maximum atomic E-state index is 12.8. The number of rotatable bonds is 1. The molecule has 0 radical (unpaired) electrons. The van der Waals surface area contributed by atoms with Crippen LogP contribution in [0.15, 0.2) is 12.1 Å². The molecule has 0 heterocycles. The maximum absolute atomic E-state index is 12.8. The van der Waals surface area contributed by atoms with E-state index in [0.717, 1.165) is 12.1 Å². The summed E-state index contributed by atoms with van der Waals surface area (Å²) in [4.78, 5) is 9.45. The molecule has 1 aromatic rings. The Labute approximate surface area is 77.3 Å².